The molecule has 0 aromatic heterocycles. The lowest BCUT2D eigenvalue weighted by Crippen LogP contribution is -2.43. The van der Waals surface area contributed by atoms with E-state index in [9.17, 15) is 4.79 Å². The monoisotopic (exact) mass is 274 g/mol. The zero-order valence-electron chi connectivity index (χ0n) is 13.0. The molecule has 20 heavy (non-hydrogen) atoms. The third-order valence-corrected chi connectivity index (χ3v) is 4.66. The number of hydrogen-bond acceptors (Lipinski definition) is 2. The van der Waals surface area contributed by atoms with Crippen molar-refractivity contribution in [2.24, 2.45) is 11.7 Å². The minimum absolute atomic E-state index is 0.0905. The van der Waals surface area contributed by atoms with Crippen LogP contribution in [-0.4, -0.2) is 29.4 Å². The van der Waals surface area contributed by atoms with Crippen molar-refractivity contribution in [2.75, 3.05) is 6.54 Å². The molecule has 3 nitrogen and oxygen atoms in total. The summed E-state index contributed by atoms with van der Waals surface area (Å²) in [4.78, 5) is 14.5. The highest BCUT2D eigenvalue weighted by Gasteiger charge is 2.36. The van der Waals surface area contributed by atoms with Gasteiger partial charge in [-0.2, -0.15) is 0 Å². The van der Waals surface area contributed by atoms with E-state index in [-0.39, 0.29) is 17.9 Å². The van der Waals surface area contributed by atoms with Crippen molar-refractivity contribution in [1.82, 2.24) is 4.90 Å². The average molecular weight is 274 g/mol. The summed E-state index contributed by atoms with van der Waals surface area (Å²) in [6.45, 7) is 8.95. The van der Waals surface area contributed by atoms with E-state index >= 15 is 0 Å². The van der Waals surface area contributed by atoms with Crippen molar-refractivity contribution in [2.45, 2.75) is 52.1 Å². The Bertz CT molecular complexity index is 484. The fourth-order valence-electron chi connectivity index (χ4n) is 3.09. The van der Waals surface area contributed by atoms with Gasteiger partial charge in [0.1, 0.15) is 0 Å². The summed E-state index contributed by atoms with van der Waals surface area (Å²) in [6.07, 6.45) is 1.04. The number of aryl methyl sites for hydroxylation is 1. The molecule has 1 saturated heterocycles. The molecule has 1 aromatic carbocycles. The predicted molar refractivity (Wildman–Crippen MR) is 82.5 cm³/mol. The van der Waals surface area contributed by atoms with Crippen LogP contribution in [0.5, 0.6) is 0 Å². The molecule has 0 bridgehead atoms. The minimum Gasteiger partial charge on any atom is -0.339 e. The zero-order valence-corrected chi connectivity index (χ0v) is 13.0. The molecular weight excluding hydrogens is 248 g/mol. The Labute approximate surface area is 122 Å². The second kappa shape index (κ2) is 5.96. The normalized spacial score (nSPS) is 25.6. The third kappa shape index (κ3) is 2.88. The summed E-state index contributed by atoms with van der Waals surface area (Å²) in [6, 6.07) is 8.70. The van der Waals surface area contributed by atoms with Gasteiger partial charge in [-0.3, -0.25) is 4.79 Å². The summed E-state index contributed by atoms with van der Waals surface area (Å²) in [7, 11) is 0. The molecule has 1 aliphatic heterocycles. The van der Waals surface area contributed by atoms with Crippen LogP contribution in [0, 0.1) is 12.8 Å². The molecule has 0 saturated carbocycles. The average Bonchev–Trinajstić information content (AvgIpc) is 2.79. The lowest BCUT2D eigenvalue weighted by Gasteiger charge is -2.26. The molecule has 0 aliphatic carbocycles. The number of carbonyl (C=O) groups is 1. The Morgan fingerprint density at radius 3 is 2.60 bits per heavy atom. The van der Waals surface area contributed by atoms with Gasteiger partial charge in [0.2, 0.25) is 5.91 Å². The number of likely N-dealkylation sites (tertiary alicyclic amines) is 1. The predicted octanol–water partition coefficient (Wildman–Crippen LogP) is 2.68. The fourth-order valence-corrected chi connectivity index (χ4v) is 3.09. The van der Waals surface area contributed by atoms with Gasteiger partial charge in [-0.15, -0.1) is 0 Å². The second-order valence-electron chi connectivity index (χ2n) is 6.28. The Balaban J connectivity index is 2.13. The zero-order chi connectivity index (χ0) is 14.9. The van der Waals surface area contributed by atoms with Gasteiger partial charge in [-0.05, 0) is 38.3 Å². The summed E-state index contributed by atoms with van der Waals surface area (Å²) in [5.74, 6) is 0.548. The Hall–Kier alpha value is -1.35. The van der Waals surface area contributed by atoms with Crippen LogP contribution in [0.25, 0.3) is 0 Å². The first-order valence-corrected chi connectivity index (χ1v) is 7.53. The number of nitrogens with two attached hydrogens (primary N) is 1. The van der Waals surface area contributed by atoms with E-state index in [0.717, 1.165) is 13.0 Å². The quantitative estimate of drug-likeness (QED) is 0.921. The Kier molecular flexibility index (Phi) is 4.48. The first kappa shape index (κ1) is 15.0. The molecule has 0 radical (unpaired) electrons. The van der Waals surface area contributed by atoms with Crippen LogP contribution in [0.1, 0.15) is 44.2 Å². The van der Waals surface area contributed by atoms with Crippen molar-refractivity contribution in [3.63, 3.8) is 0 Å². The standard InChI is InChI=1S/C17H26N2O/c1-11-7-5-6-8-16(11)15-9-12(2)19(10-15)17(20)13(3)14(4)18/h5-8,12-15H,9-10,18H2,1-4H3. The highest BCUT2D eigenvalue weighted by atomic mass is 16.2. The summed E-state index contributed by atoms with van der Waals surface area (Å²) in [5.41, 5.74) is 8.57. The minimum atomic E-state index is -0.104. The van der Waals surface area contributed by atoms with E-state index in [1.54, 1.807) is 0 Å². The lowest BCUT2D eigenvalue weighted by atomic mass is 9.93. The van der Waals surface area contributed by atoms with E-state index in [2.05, 4.69) is 38.1 Å². The lowest BCUT2D eigenvalue weighted by molar-refractivity contribution is -0.136. The number of benzene rings is 1. The molecule has 4 atom stereocenters. The van der Waals surface area contributed by atoms with Crippen molar-refractivity contribution < 1.29 is 4.79 Å². The largest absolute Gasteiger partial charge is 0.339 e. The van der Waals surface area contributed by atoms with Gasteiger partial charge < -0.3 is 10.6 Å². The van der Waals surface area contributed by atoms with Crippen LogP contribution in [-0.2, 0) is 4.79 Å². The molecule has 1 amide bonds. The highest BCUT2D eigenvalue weighted by molar-refractivity contribution is 5.80. The third-order valence-electron chi connectivity index (χ3n) is 4.66. The molecule has 1 aromatic rings. The second-order valence-corrected chi connectivity index (χ2v) is 6.28. The van der Waals surface area contributed by atoms with Gasteiger partial charge in [-0.1, -0.05) is 31.2 Å². The first-order valence-electron chi connectivity index (χ1n) is 7.53. The van der Waals surface area contributed by atoms with Gasteiger partial charge in [0.05, 0.1) is 5.92 Å². The van der Waals surface area contributed by atoms with Gasteiger partial charge >= 0.3 is 0 Å². The number of hydrogen-bond donors (Lipinski definition) is 1. The van der Waals surface area contributed by atoms with Crippen LogP contribution in [0.4, 0.5) is 0 Å². The number of rotatable bonds is 3. The van der Waals surface area contributed by atoms with Crippen molar-refractivity contribution >= 4 is 5.91 Å². The molecule has 1 aliphatic rings. The topological polar surface area (TPSA) is 46.3 Å². The van der Waals surface area contributed by atoms with Gasteiger partial charge in [-0.25, -0.2) is 0 Å². The van der Waals surface area contributed by atoms with Crippen LogP contribution in [0.15, 0.2) is 24.3 Å². The van der Waals surface area contributed by atoms with Crippen molar-refractivity contribution in [3.8, 4) is 0 Å². The summed E-state index contributed by atoms with van der Waals surface area (Å²) < 4.78 is 0. The maximum absolute atomic E-state index is 12.5. The van der Waals surface area contributed by atoms with E-state index in [1.165, 1.54) is 11.1 Å². The number of carbonyl (C=O) groups excluding carboxylic acids is 1. The van der Waals surface area contributed by atoms with Gasteiger partial charge in [0.25, 0.3) is 0 Å². The Morgan fingerprint density at radius 1 is 1.35 bits per heavy atom. The molecule has 1 fully saturated rings. The van der Waals surface area contributed by atoms with Crippen molar-refractivity contribution in [1.29, 1.82) is 0 Å². The molecule has 4 unspecified atom stereocenters. The van der Waals surface area contributed by atoms with E-state index < -0.39 is 0 Å². The maximum Gasteiger partial charge on any atom is 0.227 e. The molecule has 110 valence electrons. The summed E-state index contributed by atoms with van der Waals surface area (Å²) >= 11 is 0. The smallest absolute Gasteiger partial charge is 0.227 e. The molecule has 0 spiro atoms. The summed E-state index contributed by atoms with van der Waals surface area (Å²) in [5, 5.41) is 0. The first-order chi connectivity index (χ1) is 9.41. The SMILES string of the molecule is Cc1ccccc1C1CC(C)N(C(=O)C(C)C(C)N)C1. The maximum atomic E-state index is 12.5. The van der Waals surface area contributed by atoms with E-state index in [1.807, 2.05) is 18.7 Å². The molecule has 2 rings (SSSR count). The molecule has 3 heteroatoms. The van der Waals surface area contributed by atoms with Gasteiger partial charge in [0, 0.05) is 24.5 Å². The Morgan fingerprint density at radius 2 is 2.00 bits per heavy atom. The van der Waals surface area contributed by atoms with E-state index in [0.29, 0.717) is 12.0 Å². The fraction of sp³-hybridized carbons (Fsp3) is 0.588. The molecule has 1 heterocycles. The highest BCUT2D eigenvalue weighted by Crippen LogP contribution is 2.34. The van der Waals surface area contributed by atoms with Crippen molar-refractivity contribution in [3.05, 3.63) is 35.4 Å². The van der Waals surface area contributed by atoms with Gasteiger partial charge in [0.15, 0.2) is 0 Å². The van der Waals surface area contributed by atoms with E-state index in [4.69, 9.17) is 5.73 Å². The number of nitrogens with zero attached hydrogens (tertiary/aromatic N) is 1. The number of amides is 1. The van der Waals surface area contributed by atoms with Crippen LogP contribution in [0.3, 0.4) is 0 Å². The van der Waals surface area contributed by atoms with Crippen LogP contribution < -0.4 is 5.73 Å². The van der Waals surface area contributed by atoms with Crippen LogP contribution >= 0.6 is 0 Å². The van der Waals surface area contributed by atoms with Crippen LogP contribution in [0.2, 0.25) is 0 Å². The molecular formula is C17H26N2O. The molecule has 2 N–H and O–H groups in total.